The van der Waals surface area contributed by atoms with Gasteiger partial charge in [-0.2, -0.15) is 4.52 Å². The fourth-order valence-electron chi connectivity index (χ4n) is 2.22. The van der Waals surface area contributed by atoms with E-state index in [1.165, 1.54) is 22.5 Å². The highest BCUT2D eigenvalue weighted by molar-refractivity contribution is 7.20. The van der Waals surface area contributed by atoms with Gasteiger partial charge >= 0.3 is 0 Å². The molecule has 0 amide bonds. The van der Waals surface area contributed by atoms with Crippen LogP contribution < -0.4 is 10.5 Å². The van der Waals surface area contributed by atoms with E-state index in [0.717, 1.165) is 17.1 Å². The fraction of sp³-hybridized carbons (Fsp3) is 0.357. The number of benzene rings is 1. The van der Waals surface area contributed by atoms with Crippen molar-refractivity contribution in [1.82, 2.24) is 19.8 Å². The maximum absolute atomic E-state index is 5.94. The van der Waals surface area contributed by atoms with Crippen molar-refractivity contribution in [2.24, 2.45) is 0 Å². The number of fused-ring (bicyclic) bond motifs is 1. The number of ether oxygens (including phenoxy) is 1. The molecule has 1 aromatic carbocycles. The summed E-state index contributed by atoms with van der Waals surface area (Å²) in [5.41, 5.74) is 9.22. The molecule has 0 bridgehead atoms. The SMILES string of the molecule is Cc1ccc(C)c(OCCc2nnc3sc(N)nn23)c1C. The first-order valence-corrected chi connectivity index (χ1v) is 7.54. The molecule has 0 spiro atoms. The predicted molar refractivity (Wildman–Crippen MR) is 82.9 cm³/mol. The van der Waals surface area contributed by atoms with E-state index >= 15 is 0 Å². The van der Waals surface area contributed by atoms with Crippen molar-refractivity contribution in [3.63, 3.8) is 0 Å². The lowest BCUT2D eigenvalue weighted by atomic mass is 10.1. The van der Waals surface area contributed by atoms with E-state index in [-0.39, 0.29) is 0 Å². The number of nitrogens with two attached hydrogens (primary N) is 1. The Bertz CT molecular complexity index is 792. The number of anilines is 1. The monoisotopic (exact) mass is 303 g/mol. The quantitative estimate of drug-likeness (QED) is 0.800. The van der Waals surface area contributed by atoms with Crippen molar-refractivity contribution >= 4 is 21.4 Å². The lowest BCUT2D eigenvalue weighted by Crippen LogP contribution is -2.07. The highest BCUT2D eigenvalue weighted by Crippen LogP contribution is 2.25. The Morgan fingerprint density at radius 2 is 1.95 bits per heavy atom. The van der Waals surface area contributed by atoms with Gasteiger partial charge in [-0.25, -0.2) is 0 Å². The van der Waals surface area contributed by atoms with Crippen molar-refractivity contribution in [3.05, 3.63) is 34.6 Å². The zero-order valence-electron chi connectivity index (χ0n) is 12.3. The van der Waals surface area contributed by atoms with Gasteiger partial charge in [0.15, 0.2) is 5.82 Å². The van der Waals surface area contributed by atoms with Crippen LogP contribution in [0.4, 0.5) is 5.13 Å². The van der Waals surface area contributed by atoms with Crippen molar-refractivity contribution in [3.8, 4) is 5.75 Å². The zero-order chi connectivity index (χ0) is 15.0. The van der Waals surface area contributed by atoms with Crippen LogP contribution in [0.5, 0.6) is 5.75 Å². The van der Waals surface area contributed by atoms with E-state index < -0.39 is 0 Å². The zero-order valence-corrected chi connectivity index (χ0v) is 13.1. The van der Waals surface area contributed by atoms with E-state index in [0.29, 0.717) is 23.1 Å². The summed E-state index contributed by atoms with van der Waals surface area (Å²) in [5, 5.41) is 12.8. The van der Waals surface area contributed by atoms with Crippen LogP contribution in [0.3, 0.4) is 0 Å². The molecule has 0 aliphatic carbocycles. The van der Waals surface area contributed by atoms with E-state index in [1.807, 2.05) is 0 Å². The molecule has 0 saturated heterocycles. The minimum absolute atomic E-state index is 0.493. The second kappa shape index (κ2) is 5.33. The number of aromatic nitrogens is 4. The Labute approximate surface area is 126 Å². The first-order valence-electron chi connectivity index (χ1n) is 6.72. The summed E-state index contributed by atoms with van der Waals surface area (Å²) >= 11 is 1.32. The molecule has 0 atom stereocenters. The van der Waals surface area contributed by atoms with Gasteiger partial charge in [-0.05, 0) is 37.5 Å². The van der Waals surface area contributed by atoms with Crippen LogP contribution in [0.1, 0.15) is 22.5 Å². The first kappa shape index (κ1) is 13.8. The number of nitrogens with zero attached hydrogens (tertiary/aromatic N) is 4. The third-order valence-corrected chi connectivity index (χ3v) is 4.24. The van der Waals surface area contributed by atoms with Gasteiger partial charge in [-0.15, -0.1) is 15.3 Å². The second-order valence-corrected chi connectivity index (χ2v) is 5.99. The molecule has 0 aliphatic heterocycles. The van der Waals surface area contributed by atoms with Gasteiger partial charge in [0, 0.05) is 6.42 Å². The third kappa shape index (κ3) is 2.56. The van der Waals surface area contributed by atoms with E-state index in [1.54, 1.807) is 4.52 Å². The summed E-state index contributed by atoms with van der Waals surface area (Å²) in [6, 6.07) is 4.19. The molecule has 0 radical (unpaired) electrons. The normalized spacial score (nSPS) is 11.2. The van der Waals surface area contributed by atoms with Gasteiger partial charge < -0.3 is 10.5 Å². The molecule has 0 saturated carbocycles. The molecule has 7 heteroatoms. The number of hydrogen-bond acceptors (Lipinski definition) is 6. The number of aryl methyl sites for hydroxylation is 2. The first-order chi connectivity index (χ1) is 10.1. The van der Waals surface area contributed by atoms with Crippen molar-refractivity contribution in [2.75, 3.05) is 12.3 Å². The predicted octanol–water partition coefficient (Wildman–Crippen LogP) is 2.31. The Balaban J connectivity index is 1.73. The van der Waals surface area contributed by atoms with E-state index in [2.05, 4.69) is 48.2 Å². The van der Waals surface area contributed by atoms with Crippen LogP contribution in [0.15, 0.2) is 12.1 Å². The summed E-state index contributed by atoms with van der Waals surface area (Å²) in [6.45, 7) is 6.75. The number of hydrogen-bond donors (Lipinski definition) is 1. The van der Waals surface area contributed by atoms with E-state index in [9.17, 15) is 0 Å². The van der Waals surface area contributed by atoms with Gasteiger partial charge in [0.2, 0.25) is 10.1 Å². The molecular weight excluding hydrogens is 286 g/mol. The number of nitrogen functional groups attached to an aromatic ring is 1. The molecule has 6 nitrogen and oxygen atoms in total. The molecule has 3 aromatic rings. The second-order valence-electron chi connectivity index (χ2n) is 5.00. The maximum Gasteiger partial charge on any atom is 0.236 e. The minimum Gasteiger partial charge on any atom is -0.493 e. The van der Waals surface area contributed by atoms with Gasteiger partial charge in [0.05, 0.1) is 6.61 Å². The summed E-state index contributed by atoms with van der Waals surface area (Å²) < 4.78 is 7.62. The van der Waals surface area contributed by atoms with Gasteiger partial charge in [0.25, 0.3) is 0 Å². The maximum atomic E-state index is 5.94. The van der Waals surface area contributed by atoms with Crippen LogP contribution in [0.25, 0.3) is 4.96 Å². The molecule has 21 heavy (non-hydrogen) atoms. The molecular formula is C14H17N5OS. The molecule has 2 heterocycles. The standard InChI is InChI=1S/C14H17N5OS/c1-8-4-5-9(2)12(10(8)3)20-7-6-11-16-17-14-19(11)18-13(15)21-14/h4-5H,6-7H2,1-3H3,(H2,15,18). The van der Waals surface area contributed by atoms with Gasteiger partial charge in [-0.1, -0.05) is 23.5 Å². The lowest BCUT2D eigenvalue weighted by Gasteiger charge is -2.13. The van der Waals surface area contributed by atoms with Gasteiger partial charge in [0.1, 0.15) is 5.75 Å². The third-order valence-electron chi connectivity index (χ3n) is 3.52. The summed E-state index contributed by atoms with van der Waals surface area (Å²) in [7, 11) is 0. The molecule has 2 aromatic heterocycles. The average Bonchev–Trinajstić information content (AvgIpc) is 2.98. The van der Waals surface area contributed by atoms with Crippen molar-refractivity contribution < 1.29 is 4.74 Å². The summed E-state index contributed by atoms with van der Waals surface area (Å²) in [6.07, 6.45) is 0.636. The minimum atomic E-state index is 0.493. The van der Waals surface area contributed by atoms with Crippen molar-refractivity contribution in [2.45, 2.75) is 27.2 Å². The van der Waals surface area contributed by atoms with Crippen LogP contribution in [-0.2, 0) is 6.42 Å². The lowest BCUT2D eigenvalue weighted by molar-refractivity contribution is 0.313. The van der Waals surface area contributed by atoms with Crippen LogP contribution in [0, 0.1) is 20.8 Å². The summed E-state index contributed by atoms with van der Waals surface area (Å²) in [5.74, 6) is 1.72. The molecule has 2 N–H and O–H groups in total. The Morgan fingerprint density at radius 1 is 1.19 bits per heavy atom. The molecule has 3 rings (SSSR count). The van der Waals surface area contributed by atoms with Crippen molar-refractivity contribution in [1.29, 1.82) is 0 Å². The number of rotatable bonds is 4. The van der Waals surface area contributed by atoms with Crippen LogP contribution in [-0.4, -0.2) is 26.4 Å². The topological polar surface area (TPSA) is 78.3 Å². The molecule has 0 fully saturated rings. The van der Waals surface area contributed by atoms with E-state index in [4.69, 9.17) is 10.5 Å². The average molecular weight is 303 g/mol. The van der Waals surface area contributed by atoms with Gasteiger partial charge in [-0.3, -0.25) is 0 Å². The highest BCUT2D eigenvalue weighted by atomic mass is 32.1. The van der Waals surface area contributed by atoms with Crippen LogP contribution >= 0.6 is 11.3 Å². The molecule has 110 valence electrons. The smallest absolute Gasteiger partial charge is 0.236 e. The van der Waals surface area contributed by atoms with Crippen LogP contribution in [0.2, 0.25) is 0 Å². The Kier molecular flexibility index (Phi) is 3.50. The molecule has 0 unspecified atom stereocenters. The summed E-state index contributed by atoms with van der Waals surface area (Å²) in [4.78, 5) is 0.713. The molecule has 0 aliphatic rings. The Morgan fingerprint density at radius 3 is 2.76 bits per heavy atom. The highest BCUT2D eigenvalue weighted by Gasteiger charge is 2.11. The largest absolute Gasteiger partial charge is 0.493 e. The fourth-order valence-corrected chi connectivity index (χ4v) is 2.84. The Hall–Kier alpha value is -2.15.